The summed E-state index contributed by atoms with van der Waals surface area (Å²) in [5.74, 6) is 0.945. The Morgan fingerprint density at radius 1 is 1.33 bits per heavy atom. The second-order valence-electron chi connectivity index (χ2n) is 4.42. The van der Waals surface area contributed by atoms with Crippen LogP contribution in [-0.4, -0.2) is 19.7 Å². The third-order valence-electron chi connectivity index (χ3n) is 2.97. The highest BCUT2D eigenvalue weighted by Gasteiger charge is 2.11. The van der Waals surface area contributed by atoms with Gasteiger partial charge in [0.25, 0.3) is 5.56 Å². The van der Waals surface area contributed by atoms with Gasteiger partial charge in [-0.2, -0.15) is 4.98 Å². The number of halogens is 2. The quantitative estimate of drug-likeness (QED) is 0.740. The second kappa shape index (κ2) is 5.46. The van der Waals surface area contributed by atoms with Gasteiger partial charge in [-0.25, -0.2) is 4.98 Å². The van der Waals surface area contributed by atoms with Gasteiger partial charge >= 0.3 is 0 Å². The first-order valence-corrected chi connectivity index (χ1v) is 6.99. The lowest BCUT2D eigenvalue weighted by atomic mass is 10.2. The fourth-order valence-corrected chi connectivity index (χ4v) is 2.50. The van der Waals surface area contributed by atoms with E-state index in [2.05, 4.69) is 15.1 Å². The maximum atomic E-state index is 12.4. The number of aryl methyl sites for hydroxylation is 1. The van der Waals surface area contributed by atoms with Gasteiger partial charge in [-0.15, -0.1) is 0 Å². The molecular weight excluding hydrogens is 315 g/mol. The number of fused-ring (bicyclic) bond motifs is 1. The minimum absolute atomic E-state index is 0.176. The van der Waals surface area contributed by atoms with Crippen molar-refractivity contribution in [3.63, 3.8) is 0 Å². The van der Waals surface area contributed by atoms with Crippen LogP contribution in [0.3, 0.4) is 0 Å². The van der Waals surface area contributed by atoms with Gasteiger partial charge in [-0.1, -0.05) is 35.3 Å². The highest BCUT2D eigenvalue weighted by atomic mass is 35.5. The van der Waals surface area contributed by atoms with Crippen LogP contribution in [0.1, 0.15) is 18.6 Å². The molecule has 0 saturated heterocycles. The minimum Gasteiger partial charge on any atom is -0.339 e. The molecule has 0 aliphatic heterocycles. The van der Waals surface area contributed by atoms with E-state index < -0.39 is 0 Å². The van der Waals surface area contributed by atoms with Gasteiger partial charge in [0, 0.05) is 11.4 Å². The Kier molecular flexibility index (Phi) is 3.65. The van der Waals surface area contributed by atoms with Crippen molar-refractivity contribution < 1.29 is 4.52 Å². The lowest BCUT2D eigenvalue weighted by molar-refractivity contribution is 0.375. The Balaban J connectivity index is 2.07. The van der Waals surface area contributed by atoms with Crippen LogP contribution in [0.25, 0.3) is 10.9 Å². The smallest absolute Gasteiger partial charge is 0.261 e. The van der Waals surface area contributed by atoms with E-state index in [9.17, 15) is 4.79 Å². The van der Waals surface area contributed by atoms with Gasteiger partial charge in [0.2, 0.25) is 5.89 Å². The van der Waals surface area contributed by atoms with E-state index in [0.29, 0.717) is 39.1 Å². The summed E-state index contributed by atoms with van der Waals surface area (Å²) >= 11 is 12.0. The Morgan fingerprint density at radius 3 is 2.86 bits per heavy atom. The maximum absolute atomic E-state index is 12.4. The second-order valence-corrected chi connectivity index (χ2v) is 5.26. The van der Waals surface area contributed by atoms with E-state index in [0.717, 1.165) is 0 Å². The summed E-state index contributed by atoms with van der Waals surface area (Å²) in [5.41, 5.74) is 0.164. The Labute approximate surface area is 129 Å². The van der Waals surface area contributed by atoms with Crippen LogP contribution < -0.4 is 5.56 Å². The Morgan fingerprint density at radius 2 is 2.14 bits per heavy atom. The summed E-state index contributed by atoms with van der Waals surface area (Å²) in [6.45, 7) is 2.08. The van der Waals surface area contributed by atoms with Crippen LogP contribution in [0.4, 0.5) is 0 Å². The molecule has 1 aromatic carbocycles. The van der Waals surface area contributed by atoms with Crippen LogP contribution in [-0.2, 0) is 13.0 Å². The number of aromatic nitrogens is 4. The van der Waals surface area contributed by atoms with Crippen LogP contribution >= 0.6 is 23.2 Å². The molecule has 108 valence electrons. The molecule has 0 fully saturated rings. The summed E-state index contributed by atoms with van der Waals surface area (Å²) in [6, 6.07) is 3.09. The molecule has 0 amide bonds. The zero-order valence-corrected chi connectivity index (χ0v) is 12.5. The Bertz CT molecular complexity index is 872. The van der Waals surface area contributed by atoms with Crippen molar-refractivity contribution in [1.29, 1.82) is 0 Å². The molecule has 2 heterocycles. The summed E-state index contributed by atoms with van der Waals surface area (Å²) in [6.07, 6.45) is 2.05. The van der Waals surface area contributed by atoms with Gasteiger partial charge in [-0.05, 0) is 12.1 Å². The van der Waals surface area contributed by atoms with Gasteiger partial charge in [0.05, 0.1) is 28.8 Å². The average Bonchev–Trinajstić information content (AvgIpc) is 2.90. The number of hydrogen-bond acceptors (Lipinski definition) is 5. The normalized spacial score (nSPS) is 11.2. The van der Waals surface area contributed by atoms with E-state index in [1.54, 1.807) is 12.1 Å². The summed E-state index contributed by atoms with van der Waals surface area (Å²) in [5, 5.41) is 4.90. The van der Waals surface area contributed by atoms with E-state index in [1.807, 2.05) is 6.92 Å². The third-order valence-corrected chi connectivity index (χ3v) is 3.48. The molecule has 6 nitrogen and oxygen atoms in total. The Hall–Kier alpha value is -1.92. The van der Waals surface area contributed by atoms with Crippen LogP contribution in [0, 0.1) is 0 Å². The van der Waals surface area contributed by atoms with Crippen molar-refractivity contribution in [2.45, 2.75) is 19.9 Å². The molecule has 0 bridgehead atoms. The summed E-state index contributed by atoms with van der Waals surface area (Å²) in [4.78, 5) is 20.8. The molecule has 3 aromatic rings. The van der Waals surface area contributed by atoms with Gasteiger partial charge in [0.1, 0.15) is 0 Å². The molecule has 0 spiro atoms. The molecule has 0 atom stereocenters. The molecule has 2 aromatic heterocycles. The highest BCUT2D eigenvalue weighted by molar-refractivity contribution is 6.38. The molecule has 0 unspecified atom stereocenters. The molecule has 21 heavy (non-hydrogen) atoms. The van der Waals surface area contributed by atoms with Crippen molar-refractivity contribution >= 4 is 34.1 Å². The minimum atomic E-state index is -0.257. The van der Waals surface area contributed by atoms with Crippen molar-refractivity contribution in [3.05, 3.63) is 50.6 Å². The van der Waals surface area contributed by atoms with Gasteiger partial charge < -0.3 is 4.52 Å². The topological polar surface area (TPSA) is 73.8 Å². The predicted molar refractivity (Wildman–Crippen MR) is 78.8 cm³/mol. The molecule has 0 radical (unpaired) electrons. The standard InChI is InChI=1S/C13H10Cl2N4O2/c1-2-11-17-10(18-21-11)5-19-6-16-12-8(13(19)20)3-7(14)4-9(12)15/h3-4,6H,2,5H2,1H3. The molecule has 0 aliphatic carbocycles. The first kappa shape index (κ1) is 14.0. The summed E-state index contributed by atoms with van der Waals surface area (Å²) in [7, 11) is 0. The fourth-order valence-electron chi connectivity index (χ4n) is 1.96. The number of benzene rings is 1. The largest absolute Gasteiger partial charge is 0.339 e. The molecule has 8 heteroatoms. The van der Waals surface area contributed by atoms with Crippen LogP contribution in [0.5, 0.6) is 0 Å². The van der Waals surface area contributed by atoms with Crippen molar-refractivity contribution in [3.8, 4) is 0 Å². The van der Waals surface area contributed by atoms with Crippen LogP contribution in [0.15, 0.2) is 27.8 Å². The lowest BCUT2D eigenvalue weighted by Crippen LogP contribution is -2.21. The third kappa shape index (κ3) is 2.64. The molecular formula is C13H10Cl2N4O2. The van der Waals surface area contributed by atoms with Crippen LogP contribution in [0.2, 0.25) is 10.0 Å². The first-order chi connectivity index (χ1) is 10.1. The highest BCUT2D eigenvalue weighted by Crippen LogP contribution is 2.23. The van der Waals surface area contributed by atoms with Crippen molar-refractivity contribution in [2.75, 3.05) is 0 Å². The van der Waals surface area contributed by atoms with E-state index in [-0.39, 0.29) is 12.1 Å². The van der Waals surface area contributed by atoms with Crippen molar-refractivity contribution in [2.24, 2.45) is 0 Å². The summed E-state index contributed by atoms with van der Waals surface area (Å²) < 4.78 is 6.40. The molecule has 0 saturated carbocycles. The van der Waals surface area contributed by atoms with E-state index >= 15 is 0 Å². The van der Waals surface area contributed by atoms with Gasteiger partial charge in [0.15, 0.2) is 5.82 Å². The number of rotatable bonds is 3. The van der Waals surface area contributed by atoms with Crippen molar-refractivity contribution in [1.82, 2.24) is 19.7 Å². The first-order valence-electron chi connectivity index (χ1n) is 6.24. The predicted octanol–water partition coefficient (Wildman–Crippen LogP) is 2.70. The lowest BCUT2D eigenvalue weighted by Gasteiger charge is -2.05. The van der Waals surface area contributed by atoms with E-state index in [1.165, 1.54) is 10.9 Å². The molecule has 0 N–H and O–H groups in total. The SMILES string of the molecule is CCc1nc(Cn2cnc3c(Cl)cc(Cl)cc3c2=O)no1. The zero-order chi connectivity index (χ0) is 15.0. The van der Waals surface area contributed by atoms with Gasteiger partial charge in [-0.3, -0.25) is 9.36 Å². The maximum Gasteiger partial charge on any atom is 0.261 e. The zero-order valence-electron chi connectivity index (χ0n) is 11.0. The molecule has 0 aliphatic rings. The monoisotopic (exact) mass is 324 g/mol. The fraction of sp³-hybridized carbons (Fsp3) is 0.231. The molecule has 3 rings (SSSR count). The number of hydrogen-bond donors (Lipinski definition) is 0. The number of nitrogens with zero attached hydrogens (tertiary/aromatic N) is 4. The average molecular weight is 325 g/mol. The van der Waals surface area contributed by atoms with E-state index in [4.69, 9.17) is 27.7 Å².